The molecular weight excluding hydrogens is 332 g/mol. The summed E-state index contributed by atoms with van der Waals surface area (Å²) in [6.45, 7) is 8.47. The van der Waals surface area contributed by atoms with E-state index in [1.807, 2.05) is 42.7 Å². The van der Waals surface area contributed by atoms with Crippen LogP contribution in [0.4, 0.5) is 0 Å². The predicted molar refractivity (Wildman–Crippen MR) is 101 cm³/mol. The third kappa shape index (κ3) is 4.90. The van der Waals surface area contributed by atoms with Crippen LogP contribution >= 0.6 is 0 Å². The highest BCUT2D eigenvalue weighted by atomic mass is 16.5. The third-order valence-electron chi connectivity index (χ3n) is 4.75. The maximum absolute atomic E-state index is 12.7. The molecular formula is C20H30N2O4. The van der Waals surface area contributed by atoms with Crippen LogP contribution in [0.1, 0.15) is 31.4 Å². The molecule has 0 saturated carbocycles. The summed E-state index contributed by atoms with van der Waals surface area (Å²) in [7, 11) is 3.19. The molecule has 6 nitrogen and oxygen atoms in total. The van der Waals surface area contributed by atoms with Crippen molar-refractivity contribution in [2.45, 2.75) is 33.6 Å². The second kappa shape index (κ2) is 8.92. The Bertz CT molecular complexity index is 649. The maximum atomic E-state index is 12.7. The summed E-state index contributed by atoms with van der Waals surface area (Å²) in [5.41, 5.74) is 1.94. The number of ether oxygens (including phenoxy) is 2. The Morgan fingerprint density at radius 2 is 1.46 bits per heavy atom. The van der Waals surface area contributed by atoms with E-state index in [-0.39, 0.29) is 11.8 Å². The third-order valence-corrected chi connectivity index (χ3v) is 4.75. The van der Waals surface area contributed by atoms with Crippen molar-refractivity contribution in [1.82, 2.24) is 9.80 Å². The number of amides is 2. The first-order valence-corrected chi connectivity index (χ1v) is 9.12. The van der Waals surface area contributed by atoms with E-state index in [1.54, 1.807) is 14.2 Å². The van der Waals surface area contributed by atoms with E-state index in [1.165, 1.54) is 0 Å². The van der Waals surface area contributed by atoms with Crippen LogP contribution < -0.4 is 9.47 Å². The lowest BCUT2D eigenvalue weighted by Crippen LogP contribution is -2.51. The first kappa shape index (κ1) is 20.1. The van der Waals surface area contributed by atoms with Crippen LogP contribution in [0.15, 0.2) is 12.1 Å². The van der Waals surface area contributed by atoms with Gasteiger partial charge in [-0.1, -0.05) is 13.8 Å². The Labute approximate surface area is 156 Å². The van der Waals surface area contributed by atoms with Crippen molar-refractivity contribution in [1.29, 1.82) is 0 Å². The van der Waals surface area contributed by atoms with E-state index >= 15 is 0 Å². The van der Waals surface area contributed by atoms with Crippen molar-refractivity contribution in [3.8, 4) is 11.5 Å². The number of carbonyl (C=O) groups is 2. The van der Waals surface area contributed by atoms with Gasteiger partial charge in [-0.25, -0.2) is 0 Å². The first-order chi connectivity index (χ1) is 12.3. The topological polar surface area (TPSA) is 59.1 Å². The second-order valence-electron chi connectivity index (χ2n) is 7.17. The zero-order chi connectivity index (χ0) is 19.3. The first-order valence-electron chi connectivity index (χ1n) is 9.12. The lowest BCUT2D eigenvalue weighted by molar-refractivity contribution is -0.139. The fourth-order valence-electron chi connectivity index (χ4n) is 3.17. The number of aryl methyl sites for hydroxylation is 1. The highest BCUT2D eigenvalue weighted by Gasteiger charge is 2.25. The molecule has 0 atom stereocenters. The summed E-state index contributed by atoms with van der Waals surface area (Å²) in [6, 6.07) is 3.76. The fourth-order valence-corrected chi connectivity index (χ4v) is 3.17. The molecule has 0 N–H and O–H groups in total. The Hall–Kier alpha value is -2.24. The van der Waals surface area contributed by atoms with Crippen molar-refractivity contribution in [2.24, 2.45) is 5.92 Å². The van der Waals surface area contributed by atoms with Gasteiger partial charge in [0, 0.05) is 32.6 Å². The van der Waals surface area contributed by atoms with Crippen LogP contribution in [0.5, 0.6) is 11.5 Å². The van der Waals surface area contributed by atoms with Crippen LogP contribution in [-0.4, -0.2) is 62.0 Å². The zero-order valence-corrected chi connectivity index (χ0v) is 16.5. The van der Waals surface area contributed by atoms with Gasteiger partial charge < -0.3 is 19.3 Å². The molecule has 144 valence electrons. The smallest absolute Gasteiger partial charge is 0.227 e. The lowest BCUT2D eigenvalue weighted by Gasteiger charge is -2.35. The fraction of sp³-hybridized carbons (Fsp3) is 0.600. The molecule has 6 heteroatoms. The van der Waals surface area contributed by atoms with E-state index in [0.717, 1.165) is 11.1 Å². The highest BCUT2D eigenvalue weighted by molar-refractivity contribution is 5.80. The molecule has 1 aromatic rings. The number of methoxy groups -OCH3 is 2. The Morgan fingerprint density at radius 3 is 1.96 bits per heavy atom. The van der Waals surface area contributed by atoms with Gasteiger partial charge in [-0.05, 0) is 36.1 Å². The van der Waals surface area contributed by atoms with Gasteiger partial charge in [0.05, 0.1) is 20.6 Å². The summed E-state index contributed by atoms with van der Waals surface area (Å²) in [5.74, 6) is 1.91. The highest BCUT2D eigenvalue weighted by Crippen LogP contribution is 2.30. The average Bonchev–Trinajstić information content (AvgIpc) is 2.62. The van der Waals surface area contributed by atoms with Crippen molar-refractivity contribution in [2.75, 3.05) is 40.4 Å². The molecule has 0 aliphatic carbocycles. The van der Waals surface area contributed by atoms with Gasteiger partial charge in [-0.3, -0.25) is 9.59 Å². The predicted octanol–water partition coefficient (Wildman–Crippen LogP) is 2.27. The van der Waals surface area contributed by atoms with E-state index in [0.29, 0.717) is 56.4 Å². The van der Waals surface area contributed by atoms with Crippen LogP contribution in [0.25, 0.3) is 0 Å². The van der Waals surface area contributed by atoms with Crippen molar-refractivity contribution in [3.05, 3.63) is 23.3 Å². The zero-order valence-electron chi connectivity index (χ0n) is 16.5. The monoisotopic (exact) mass is 362 g/mol. The number of rotatable bonds is 6. The van der Waals surface area contributed by atoms with Crippen LogP contribution in [0.2, 0.25) is 0 Å². The summed E-state index contributed by atoms with van der Waals surface area (Å²) < 4.78 is 10.6. The van der Waals surface area contributed by atoms with Gasteiger partial charge in [0.15, 0.2) is 11.5 Å². The van der Waals surface area contributed by atoms with E-state index in [9.17, 15) is 9.59 Å². The molecule has 1 heterocycles. The molecule has 0 bridgehead atoms. The standard InChI is InChI=1S/C20H30N2O4/c1-14(2)10-19(23)21-6-8-22(9-7-21)20(24)13-16-12-18(26-5)17(25-4)11-15(16)3/h11-12,14H,6-10,13H2,1-5H3. The van der Waals surface area contributed by atoms with Gasteiger partial charge in [-0.2, -0.15) is 0 Å². The molecule has 1 aromatic carbocycles. The summed E-state index contributed by atoms with van der Waals surface area (Å²) in [5, 5.41) is 0. The number of nitrogens with zero attached hydrogens (tertiary/aromatic N) is 2. The second-order valence-corrected chi connectivity index (χ2v) is 7.17. The SMILES string of the molecule is COc1cc(C)c(CC(=O)N2CCN(C(=O)CC(C)C)CC2)cc1OC. The molecule has 0 radical (unpaired) electrons. The number of piperazine rings is 1. The van der Waals surface area contributed by atoms with Crippen molar-refractivity contribution < 1.29 is 19.1 Å². The van der Waals surface area contributed by atoms with E-state index in [2.05, 4.69) is 0 Å². The lowest BCUT2D eigenvalue weighted by atomic mass is 10.0. The van der Waals surface area contributed by atoms with Crippen LogP contribution in [-0.2, 0) is 16.0 Å². The summed E-state index contributed by atoms with van der Waals surface area (Å²) >= 11 is 0. The number of carbonyl (C=O) groups excluding carboxylic acids is 2. The average molecular weight is 362 g/mol. The maximum Gasteiger partial charge on any atom is 0.227 e. The molecule has 1 aliphatic heterocycles. The molecule has 2 rings (SSSR count). The van der Waals surface area contributed by atoms with Gasteiger partial charge >= 0.3 is 0 Å². The molecule has 2 amide bonds. The Kier molecular flexibility index (Phi) is 6.89. The number of hydrogen-bond acceptors (Lipinski definition) is 4. The van der Waals surface area contributed by atoms with E-state index < -0.39 is 0 Å². The van der Waals surface area contributed by atoms with Gasteiger partial charge in [0.2, 0.25) is 11.8 Å². The molecule has 1 saturated heterocycles. The minimum atomic E-state index is 0.0799. The van der Waals surface area contributed by atoms with Gasteiger partial charge in [0.1, 0.15) is 0 Å². The molecule has 0 unspecified atom stereocenters. The summed E-state index contributed by atoms with van der Waals surface area (Å²) in [6.07, 6.45) is 0.894. The number of benzene rings is 1. The Morgan fingerprint density at radius 1 is 0.962 bits per heavy atom. The van der Waals surface area contributed by atoms with Crippen LogP contribution in [0, 0.1) is 12.8 Å². The molecule has 0 spiro atoms. The quantitative estimate of drug-likeness (QED) is 0.779. The number of hydrogen-bond donors (Lipinski definition) is 0. The minimum absolute atomic E-state index is 0.0799. The van der Waals surface area contributed by atoms with Gasteiger partial charge in [-0.15, -0.1) is 0 Å². The molecule has 26 heavy (non-hydrogen) atoms. The molecule has 0 aromatic heterocycles. The Balaban J connectivity index is 1.96. The van der Waals surface area contributed by atoms with Crippen LogP contribution in [0.3, 0.4) is 0 Å². The van der Waals surface area contributed by atoms with E-state index in [4.69, 9.17) is 9.47 Å². The largest absolute Gasteiger partial charge is 0.493 e. The normalized spacial score (nSPS) is 14.5. The molecule has 1 aliphatic rings. The minimum Gasteiger partial charge on any atom is -0.493 e. The van der Waals surface area contributed by atoms with Crippen molar-refractivity contribution in [3.63, 3.8) is 0 Å². The molecule has 1 fully saturated rings. The van der Waals surface area contributed by atoms with Gasteiger partial charge in [0.25, 0.3) is 0 Å². The summed E-state index contributed by atoms with van der Waals surface area (Å²) in [4.78, 5) is 28.5. The van der Waals surface area contributed by atoms with Crippen molar-refractivity contribution >= 4 is 11.8 Å².